The molecule has 16 nitrogen and oxygen atoms in total. The molecule has 4 bridgehead atoms. The number of piperazine rings is 1. The summed E-state index contributed by atoms with van der Waals surface area (Å²) in [5.74, 6) is 0.0120. The van der Waals surface area contributed by atoms with Crippen molar-refractivity contribution in [3.05, 3.63) is 62.7 Å². The quantitative estimate of drug-likeness (QED) is 0.227. The second kappa shape index (κ2) is 14.5. The van der Waals surface area contributed by atoms with Crippen molar-refractivity contribution in [2.24, 2.45) is 0 Å². The number of ether oxygens (including phenoxy) is 7. The van der Waals surface area contributed by atoms with Gasteiger partial charge in [0.2, 0.25) is 6.79 Å². The van der Waals surface area contributed by atoms with E-state index < -0.39 is 64.6 Å². The zero-order chi connectivity index (χ0) is 43.4. The first-order chi connectivity index (χ1) is 29.0. The van der Waals surface area contributed by atoms with Crippen LogP contribution in [0, 0.1) is 25.2 Å². The molecule has 3 aromatic rings. The van der Waals surface area contributed by atoms with Gasteiger partial charge in [-0.25, -0.2) is 9.59 Å². The second-order valence-electron chi connectivity index (χ2n) is 17.3. The summed E-state index contributed by atoms with van der Waals surface area (Å²) in [6, 6.07) is 3.14. The normalized spacial score (nSPS) is 27.1. The summed E-state index contributed by atoms with van der Waals surface area (Å²) in [5.41, 5.74) is 2.33. The van der Waals surface area contributed by atoms with Gasteiger partial charge in [0.05, 0.1) is 49.7 Å². The Kier molecular flexibility index (Phi) is 9.72. The highest BCUT2D eigenvalue weighted by Gasteiger charge is 2.64. The van der Waals surface area contributed by atoms with E-state index in [1.165, 1.54) is 32.9 Å². The van der Waals surface area contributed by atoms with E-state index in [1.807, 2.05) is 17.9 Å². The summed E-state index contributed by atoms with van der Waals surface area (Å²) < 4.78 is 42.3. The van der Waals surface area contributed by atoms with Gasteiger partial charge in [-0.3, -0.25) is 19.9 Å². The molecule has 0 radical (unpaired) electrons. The molecule has 0 saturated carbocycles. The van der Waals surface area contributed by atoms with Crippen LogP contribution in [0.1, 0.15) is 89.5 Å². The number of carbonyl (C=O) groups excluding carboxylic acids is 3. The monoisotopic (exact) mass is 856 g/mol. The van der Waals surface area contributed by atoms with Crippen LogP contribution in [-0.4, -0.2) is 102 Å². The van der Waals surface area contributed by atoms with Gasteiger partial charge in [0.1, 0.15) is 24.0 Å². The molecule has 7 aliphatic rings. The second-order valence-corrected chi connectivity index (χ2v) is 18.4. The van der Waals surface area contributed by atoms with Crippen LogP contribution in [0.15, 0.2) is 18.2 Å². The number of amides is 1. The maximum absolute atomic E-state index is 14.9. The van der Waals surface area contributed by atoms with Crippen molar-refractivity contribution in [3.63, 3.8) is 0 Å². The fourth-order valence-corrected chi connectivity index (χ4v) is 12.2. The van der Waals surface area contributed by atoms with E-state index in [-0.39, 0.29) is 54.3 Å². The van der Waals surface area contributed by atoms with Crippen LogP contribution in [0.2, 0.25) is 0 Å². The van der Waals surface area contributed by atoms with E-state index in [1.54, 1.807) is 44.7 Å². The molecule has 1 amide bonds. The SMILES string of the molecule is COc1cc2c(cc1O)CCN[C@]21CS[C@@H]2c3c(OC(C)=O)c(C)c4c(c3[C@H](COC1=O)N1C2C2c3c(cc(C)c(OC)c3O)C[C@@H]([C@@H]1C#N)N2C(=O)OC(C)(C)C)OCO4. The largest absolute Gasteiger partial charge is 0.504 e. The van der Waals surface area contributed by atoms with E-state index in [9.17, 15) is 29.9 Å². The van der Waals surface area contributed by atoms with Crippen LogP contribution in [0.25, 0.3) is 0 Å². The Morgan fingerprint density at radius 3 is 2.46 bits per heavy atom. The number of hydrogen-bond acceptors (Lipinski definition) is 16. The molecular weight excluding hydrogens is 809 g/mol. The topological polar surface area (TPSA) is 199 Å². The van der Waals surface area contributed by atoms with E-state index in [2.05, 4.69) is 11.4 Å². The highest BCUT2D eigenvalue weighted by atomic mass is 32.2. The number of fused-ring (bicyclic) bond motifs is 9. The Hall–Kier alpha value is -5.57. The first kappa shape index (κ1) is 40.8. The number of carbonyl (C=O) groups is 3. The molecule has 3 N–H and O–H groups in total. The summed E-state index contributed by atoms with van der Waals surface area (Å²) in [6.07, 6.45) is 0.0160. The molecule has 17 heteroatoms. The number of phenolic OH excluding ortho intramolecular Hbond substituents is 2. The third-order valence-electron chi connectivity index (χ3n) is 12.7. The Bertz CT molecular complexity index is 2450. The lowest BCUT2D eigenvalue weighted by Crippen LogP contribution is -2.71. The highest BCUT2D eigenvalue weighted by molar-refractivity contribution is 7.99. The smallest absolute Gasteiger partial charge is 0.411 e. The molecule has 2 saturated heterocycles. The number of methoxy groups -OCH3 is 2. The number of phenols is 2. The lowest BCUT2D eigenvalue weighted by molar-refractivity contribution is -0.157. The predicted molar refractivity (Wildman–Crippen MR) is 218 cm³/mol. The summed E-state index contributed by atoms with van der Waals surface area (Å²) in [5, 5.41) is 37.2. The van der Waals surface area contributed by atoms with Crippen LogP contribution in [0.3, 0.4) is 0 Å². The van der Waals surface area contributed by atoms with Gasteiger partial charge in [0.25, 0.3) is 0 Å². The Labute approximate surface area is 356 Å². The van der Waals surface area contributed by atoms with Gasteiger partial charge < -0.3 is 43.4 Å². The van der Waals surface area contributed by atoms with Crippen LogP contribution >= 0.6 is 11.8 Å². The average Bonchev–Trinajstić information content (AvgIpc) is 3.69. The predicted octanol–water partition coefficient (Wildman–Crippen LogP) is 5.29. The van der Waals surface area contributed by atoms with Gasteiger partial charge in [0, 0.05) is 41.5 Å². The van der Waals surface area contributed by atoms with Crippen molar-refractivity contribution in [2.45, 2.75) is 101 Å². The zero-order valence-electron chi connectivity index (χ0n) is 35.2. The fraction of sp³-hybridized carbons (Fsp3) is 0.500. The maximum atomic E-state index is 14.9. The molecule has 3 aromatic carbocycles. The number of esters is 2. The molecule has 2 fully saturated rings. The lowest BCUT2D eigenvalue weighted by Gasteiger charge is -2.62. The van der Waals surface area contributed by atoms with Crippen LogP contribution < -0.4 is 29.0 Å². The molecular formula is C44H48N4O12S. The number of aryl methyl sites for hydroxylation is 1. The summed E-state index contributed by atoms with van der Waals surface area (Å²) >= 11 is 1.35. The Morgan fingerprint density at radius 1 is 1.02 bits per heavy atom. The van der Waals surface area contributed by atoms with E-state index in [4.69, 9.17) is 33.2 Å². The maximum Gasteiger partial charge on any atom is 0.411 e. The standard InChI is InChI=1S/C44H48N4O12S/c1-19-11-23-12-25-26(15-45)47-27-16-56-41(52)44(24-14-29(54-7)28(50)13-22(24)9-10-46-44)17-61-40(32-31(27)39-38(57-18-58-39)20(2)37(32)59-21(3)49)34(47)33(30(23)35(51)36(19)55-8)48(25)42(53)60-43(4,5)6/h11,13-14,25-27,33-34,40,46,50-51H,9-10,12,16-18H2,1-8H3/t25-,26-,27-,33?,34?,40+,44+/m0/s1. The third kappa shape index (κ3) is 6.04. The molecule has 7 atom stereocenters. The molecule has 10 rings (SSSR count). The number of nitriles is 1. The molecule has 7 heterocycles. The molecule has 61 heavy (non-hydrogen) atoms. The lowest BCUT2D eigenvalue weighted by atomic mass is 9.71. The Morgan fingerprint density at radius 2 is 1.77 bits per heavy atom. The molecule has 2 unspecified atom stereocenters. The van der Waals surface area contributed by atoms with Crippen LogP contribution in [0.4, 0.5) is 4.79 Å². The number of hydrogen-bond donors (Lipinski definition) is 3. The molecule has 7 aliphatic heterocycles. The fourth-order valence-electron chi connectivity index (χ4n) is 10.5. The minimum absolute atomic E-state index is 0.0226. The first-order valence-corrected chi connectivity index (χ1v) is 21.3. The van der Waals surface area contributed by atoms with Crippen LogP contribution in [0.5, 0.6) is 40.2 Å². The van der Waals surface area contributed by atoms with Crippen LogP contribution in [-0.2, 0) is 37.4 Å². The van der Waals surface area contributed by atoms with Gasteiger partial charge in [-0.15, -0.1) is 11.8 Å². The number of thioether (sulfide) groups is 1. The molecule has 0 aliphatic carbocycles. The van der Waals surface area contributed by atoms with Gasteiger partial charge in [-0.2, -0.15) is 5.26 Å². The number of rotatable bonds is 3. The minimum Gasteiger partial charge on any atom is -0.504 e. The van der Waals surface area contributed by atoms with Crippen molar-refractivity contribution in [1.82, 2.24) is 15.1 Å². The van der Waals surface area contributed by atoms with E-state index in [0.29, 0.717) is 57.8 Å². The number of benzene rings is 3. The van der Waals surface area contributed by atoms with Crippen molar-refractivity contribution in [3.8, 4) is 46.3 Å². The Balaban J connectivity index is 1.36. The number of aromatic hydroxyl groups is 2. The van der Waals surface area contributed by atoms with Crippen molar-refractivity contribution < 1.29 is 57.8 Å². The molecule has 0 aromatic heterocycles. The van der Waals surface area contributed by atoms with Gasteiger partial charge in [0.15, 0.2) is 40.0 Å². The highest BCUT2D eigenvalue weighted by Crippen LogP contribution is 2.65. The van der Waals surface area contributed by atoms with Crippen molar-refractivity contribution in [1.29, 1.82) is 5.26 Å². The number of nitrogens with zero attached hydrogens (tertiary/aromatic N) is 3. The van der Waals surface area contributed by atoms with Gasteiger partial charge in [-0.05, 0) is 81.8 Å². The summed E-state index contributed by atoms with van der Waals surface area (Å²) in [4.78, 5) is 46.4. The first-order valence-electron chi connectivity index (χ1n) is 20.2. The van der Waals surface area contributed by atoms with Gasteiger partial charge >= 0.3 is 18.0 Å². The van der Waals surface area contributed by atoms with Crippen molar-refractivity contribution >= 4 is 29.8 Å². The van der Waals surface area contributed by atoms with Crippen molar-refractivity contribution in [2.75, 3.05) is 39.9 Å². The molecule has 322 valence electrons. The minimum atomic E-state index is -1.47. The molecule has 1 spiro atoms. The number of nitrogens with one attached hydrogen (secondary N) is 1. The van der Waals surface area contributed by atoms with E-state index >= 15 is 0 Å². The van der Waals surface area contributed by atoms with Gasteiger partial charge in [-0.1, -0.05) is 6.07 Å². The summed E-state index contributed by atoms with van der Waals surface area (Å²) in [7, 11) is 2.90. The average molecular weight is 857 g/mol. The third-order valence-corrected chi connectivity index (χ3v) is 14.2. The van der Waals surface area contributed by atoms with E-state index in [0.717, 1.165) is 11.1 Å². The summed E-state index contributed by atoms with van der Waals surface area (Å²) in [6.45, 7) is 10.2. The zero-order valence-corrected chi connectivity index (χ0v) is 36.0.